The third kappa shape index (κ3) is 3.10. The molecule has 0 spiro atoms. The van der Waals surface area contributed by atoms with Crippen molar-refractivity contribution < 1.29 is 14.0 Å². The van der Waals surface area contributed by atoms with Crippen LogP contribution < -0.4 is 0 Å². The lowest BCUT2D eigenvalue weighted by Gasteiger charge is -2.45. The highest BCUT2D eigenvalue weighted by atomic mass is 28.4. The molecular formula is C19H34O3Si. The van der Waals surface area contributed by atoms with Crippen molar-refractivity contribution >= 4 is 14.1 Å². The first-order valence-electron chi connectivity index (χ1n) is 8.74. The quantitative estimate of drug-likeness (QED) is 0.417. The summed E-state index contributed by atoms with van der Waals surface area (Å²) in [5.41, 5.74) is -0.578. The van der Waals surface area contributed by atoms with E-state index in [2.05, 4.69) is 54.6 Å². The molecule has 0 radical (unpaired) electrons. The van der Waals surface area contributed by atoms with Gasteiger partial charge < -0.3 is 9.16 Å². The zero-order chi connectivity index (χ0) is 17.9. The lowest BCUT2D eigenvalue weighted by atomic mass is 9.63. The first-order chi connectivity index (χ1) is 10.2. The zero-order valence-corrected chi connectivity index (χ0v) is 17.4. The molecule has 0 N–H and O–H groups in total. The minimum absolute atomic E-state index is 0.0427. The molecule has 23 heavy (non-hydrogen) atoms. The van der Waals surface area contributed by atoms with Crippen LogP contribution in [0.25, 0.3) is 0 Å². The molecule has 0 bridgehead atoms. The van der Waals surface area contributed by atoms with E-state index in [9.17, 15) is 4.79 Å². The van der Waals surface area contributed by atoms with Gasteiger partial charge in [0.2, 0.25) is 0 Å². The average molecular weight is 339 g/mol. The maximum Gasteiger partial charge on any atom is 0.192 e. The zero-order valence-electron chi connectivity index (χ0n) is 16.4. The van der Waals surface area contributed by atoms with Gasteiger partial charge in [0.05, 0.1) is 0 Å². The molecule has 0 amide bonds. The van der Waals surface area contributed by atoms with E-state index < -0.39 is 8.32 Å². The second-order valence-electron chi connectivity index (χ2n) is 9.80. The Morgan fingerprint density at radius 1 is 1.22 bits per heavy atom. The minimum atomic E-state index is -1.79. The summed E-state index contributed by atoms with van der Waals surface area (Å²) in [4.78, 5) is 11.4. The first-order valence-corrected chi connectivity index (χ1v) is 11.6. The largest absolute Gasteiger partial charge is 0.414 e. The van der Waals surface area contributed by atoms with Crippen molar-refractivity contribution in [3.8, 4) is 0 Å². The molecule has 0 aromatic heterocycles. The predicted octanol–water partition coefficient (Wildman–Crippen LogP) is 4.87. The van der Waals surface area contributed by atoms with Gasteiger partial charge in [0.15, 0.2) is 14.1 Å². The molecule has 4 heteroatoms. The summed E-state index contributed by atoms with van der Waals surface area (Å²) in [5.74, 6) is 0.0765. The Bertz CT molecular complexity index is 529. The molecule has 1 aliphatic heterocycles. The number of rotatable bonds is 4. The van der Waals surface area contributed by atoms with Gasteiger partial charge in [0, 0.05) is 17.9 Å². The van der Waals surface area contributed by atoms with Gasteiger partial charge in [-0.2, -0.15) is 0 Å². The highest BCUT2D eigenvalue weighted by molar-refractivity contribution is 6.74. The Kier molecular flexibility index (Phi) is 4.33. The molecule has 3 nitrogen and oxygen atoms in total. The Hall–Kier alpha value is -0.453. The average Bonchev–Trinajstić information content (AvgIpc) is 2.91. The standard InChI is InChI=1S/C19H34O3Si/c1-14(20)10-11-19-17(5,6)12-15(13-18(19,7)22-19)21-23(8,9)16(2,3)4/h10-11,15H,12-13H2,1-9H3/b11-10+. The van der Waals surface area contributed by atoms with Crippen LogP contribution in [0.5, 0.6) is 0 Å². The van der Waals surface area contributed by atoms with E-state index in [0.717, 1.165) is 12.8 Å². The molecule has 1 saturated heterocycles. The van der Waals surface area contributed by atoms with Gasteiger partial charge in [-0.3, -0.25) is 4.79 Å². The van der Waals surface area contributed by atoms with Crippen LogP contribution in [0, 0.1) is 5.41 Å². The summed E-state index contributed by atoms with van der Waals surface area (Å²) in [6.07, 6.45) is 5.78. The van der Waals surface area contributed by atoms with Crippen molar-refractivity contribution in [2.75, 3.05) is 0 Å². The Labute approximate surface area is 142 Å². The van der Waals surface area contributed by atoms with E-state index >= 15 is 0 Å². The molecule has 132 valence electrons. The summed E-state index contributed by atoms with van der Waals surface area (Å²) in [6.45, 7) is 19.7. The smallest absolute Gasteiger partial charge is 0.192 e. The maximum atomic E-state index is 11.4. The van der Waals surface area contributed by atoms with Crippen LogP contribution in [0.1, 0.15) is 61.3 Å². The number of carbonyl (C=O) groups excluding carboxylic acids is 1. The fraction of sp³-hybridized carbons (Fsp3) is 0.842. The van der Waals surface area contributed by atoms with Crippen LogP contribution in [-0.2, 0) is 14.0 Å². The molecule has 3 unspecified atom stereocenters. The van der Waals surface area contributed by atoms with Gasteiger partial charge in [-0.05, 0) is 50.6 Å². The van der Waals surface area contributed by atoms with Crippen LogP contribution >= 0.6 is 0 Å². The number of fused-ring (bicyclic) bond motifs is 1. The number of hydrogen-bond donors (Lipinski definition) is 0. The lowest BCUT2D eigenvalue weighted by molar-refractivity contribution is -0.112. The summed E-state index contributed by atoms with van der Waals surface area (Å²) in [6, 6.07) is 0. The van der Waals surface area contributed by atoms with E-state index in [1.807, 2.05) is 6.08 Å². The Balaban J connectivity index is 2.20. The SMILES string of the molecule is CC(=O)/C=C/C12OC1(C)CC(O[Si](C)(C)C(C)(C)C)CC2(C)C. The van der Waals surface area contributed by atoms with Crippen molar-refractivity contribution in [3.05, 3.63) is 12.2 Å². The normalized spacial score (nSPS) is 36.8. The molecule has 3 atom stereocenters. The number of ketones is 1. The van der Waals surface area contributed by atoms with E-state index in [0.29, 0.717) is 0 Å². The highest BCUT2D eigenvalue weighted by Crippen LogP contribution is 2.66. The lowest BCUT2D eigenvalue weighted by Crippen LogP contribution is -2.51. The molecule has 0 aromatic rings. The molecule has 2 aliphatic rings. The van der Waals surface area contributed by atoms with E-state index in [1.165, 1.54) is 0 Å². The number of epoxide rings is 1. The second-order valence-corrected chi connectivity index (χ2v) is 14.6. The molecule has 0 aromatic carbocycles. The van der Waals surface area contributed by atoms with Gasteiger partial charge in [-0.1, -0.05) is 34.6 Å². The summed E-state index contributed by atoms with van der Waals surface area (Å²) in [7, 11) is -1.79. The number of allylic oxidation sites excluding steroid dienone is 1. The fourth-order valence-corrected chi connectivity index (χ4v) is 5.31. The molecule has 2 rings (SSSR count). The molecular weight excluding hydrogens is 304 g/mol. The van der Waals surface area contributed by atoms with Crippen LogP contribution in [-0.4, -0.2) is 31.4 Å². The summed E-state index contributed by atoms with van der Waals surface area (Å²) < 4.78 is 12.9. The van der Waals surface area contributed by atoms with Crippen LogP contribution in [0.3, 0.4) is 0 Å². The molecule has 2 fully saturated rings. The third-order valence-corrected chi connectivity index (χ3v) is 10.8. The third-order valence-electron chi connectivity index (χ3n) is 6.31. The molecule has 1 aliphatic carbocycles. The summed E-state index contributed by atoms with van der Waals surface area (Å²) in [5, 5.41) is 0.214. The van der Waals surface area contributed by atoms with E-state index in [-0.39, 0.29) is 33.5 Å². The Morgan fingerprint density at radius 2 is 1.78 bits per heavy atom. The van der Waals surface area contributed by atoms with Crippen molar-refractivity contribution in [3.63, 3.8) is 0 Å². The minimum Gasteiger partial charge on any atom is -0.414 e. The number of carbonyl (C=O) groups is 1. The maximum absolute atomic E-state index is 11.4. The summed E-state index contributed by atoms with van der Waals surface area (Å²) >= 11 is 0. The molecule has 1 heterocycles. The van der Waals surface area contributed by atoms with Crippen molar-refractivity contribution in [1.29, 1.82) is 0 Å². The van der Waals surface area contributed by atoms with Crippen molar-refractivity contribution in [2.24, 2.45) is 5.41 Å². The van der Waals surface area contributed by atoms with Crippen LogP contribution in [0.4, 0.5) is 0 Å². The van der Waals surface area contributed by atoms with Gasteiger partial charge in [-0.25, -0.2) is 0 Å². The van der Waals surface area contributed by atoms with Gasteiger partial charge in [0.1, 0.15) is 11.2 Å². The van der Waals surface area contributed by atoms with Crippen molar-refractivity contribution in [1.82, 2.24) is 0 Å². The first kappa shape index (κ1) is 18.9. The van der Waals surface area contributed by atoms with Crippen LogP contribution in [0.15, 0.2) is 12.2 Å². The second kappa shape index (κ2) is 5.27. The fourth-order valence-electron chi connectivity index (χ4n) is 3.95. The predicted molar refractivity (Wildman–Crippen MR) is 97.1 cm³/mol. The number of hydrogen-bond acceptors (Lipinski definition) is 3. The Morgan fingerprint density at radius 3 is 2.22 bits per heavy atom. The van der Waals surface area contributed by atoms with E-state index in [1.54, 1.807) is 13.0 Å². The van der Waals surface area contributed by atoms with Gasteiger partial charge in [-0.15, -0.1) is 0 Å². The highest BCUT2D eigenvalue weighted by Gasteiger charge is 2.75. The van der Waals surface area contributed by atoms with Gasteiger partial charge >= 0.3 is 0 Å². The number of ether oxygens (including phenoxy) is 1. The van der Waals surface area contributed by atoms with Gasteiger partial charge in [0.25, 0.3) is 0 Å². The molecule has 1 saturated carbocycles. The monoisotopic (exact) mass is 338 g/mol. The van der Waals surface area contributed by atoms with E-state index in [4.69, 9.17) is 9.16 Å². The van der Waals surface area contributed by atoms with Crippen LogP contribution in [0.2, 0.25) is 18.1 Å². The topological polar surface area (TPSA) is 38.8 Å². The van der Waals surface area contributed by atoms with Crippen molar-refractivity contribution in [2.45, 2.75) is 96.7 Å².